The van der Waals surface area contributed by atoms with Crippen molar-refractivity contribution in [1.29, 1.82) is 0 Å². The number of carboxylic acids is 1. The molecule has 1 aliphatic heterocycles. The van der Waals surface area contributed by atoms with Crippen LogP contribution in [0.5, 0.6) is 5.75 Å². The van der Waals surface area contributed by atoms with Crippen LogP contribution in [0.3, 0.4) is 0 Å². The number of hydrogen-bond acceptors (Lipinski definition) is 6. The molecule has 3 saturated carbocycles. The molecule has 3 aliphatic carbocycles. The van der Waals surface area contributed by atoms with Crippen LogP contribution >= 0.6 is 0 Å². The lowest BCUT2D eigenvalue weighted by atomic mass is 9.63. The molecule has 6 rings (SSSR count). The molecule has 0 amide bonds. The number of alkyl halides is 6. The van der Waals surface area contributed by atoms with E-state index in [1.807, 2.05) is 0 Å². The molecule has 1 atom stereocenters. The highest BCUT2D eigenvalue weighted by Crippen LogP contribution is 2.55. The predicted molar refractivity (Wildman–Crippen MR) is 147 cm³/mol. The van der Waals surface area contributed by atoms with Crippen LogP contribution in [-0.2, 0) is 22.8 Å². The van der Waals surface area contributed by atoms with Gasteiger partial charge in [-0.05, 0) is 64.0 Å². The molecule has 1 N–H and O–H groups in total. The Morgan fingerprint density at radius 2 is 1.75 bits per heavy atom. The van der Waals surface area contributed by atoms with Crippen molar-refractivity contribution in [3.05, 3.63) is 47.3 Å². The minimum Gasteiger partial charge on any atom is -0.488 e. The van der Waals surface area contributed by atoms with Crippen LogP contribution in [0, 0.1) is 0 Å². The van der Waals surface area contributed by atoms with Crippen molar-refractivity contribution in [2.75, 3.05) is 18.5 Å². The Morgan fingerprint density at radius 1 is 1.11 bits per heavy atom. The highest BCUT2D eigenvalue weighted by atomic mass is 32.2. The van der Waals surface area contributed by atoms with Crippen molar-refractivity contribution in [1.82, 2.24) is 9.29 Å². The van der Waals surface area contributed by atoms with Gasteiger partial charge in [-0.3, -0.25) is 0 Å². The molecule has 3 fully saturated rings. The minimum absolute atomic E-state index is 0.0387. The van der Waals surface area contributed by atoms with Gasteiger partial charge in [0.25, 0.3) is 0 Å². The van der Waals surface area contributed by atoms with Crippen molar-refractivity contribution in [3.63, 3.8) is 0 Å². The molecule has 0 radical (unpaired) electrons. The summed E-state index contributed by atoms with van der Waals surface area (Å²) in [5, 5.41) is 9.41. The number of aromatic nitrogens is 1. The van der Waals surface area contributed by atoms with Crippen LogP contribution in [0.2, 0.25) is 0 Å². The van der Waals surface area contributed by atoms with E-state index in [-0.39, 0.29) is 62.7 Å². The third-order valence-electron chi connectivity index (χ3n) is 9.30. The summed E-state index contributed by atoms with van der Waals surface area (Å²) in [4.78, 5) is 16.4. The van der Waals surface area contributed by atoms with E-state index >= 15 is 4.39 Å². The zero-order valence-corrected chi connectivity index (χ0v) is 24.9. The Morgan fingerprint density at radius 3 is 2.32 bits per heavy atom. The van der Waals surface area contributed by atoms with Crippen LogP contribution in [0.4, 0.5) is 32.0 Å². The summed E-state index contributed by atoms with van der Waals surface area (Å²) in [5.74, 6) is -5.39. The van der Waals surface area contributed by atoms with Crippen molar-refractivity contribution < 1.29 is 49.4 Å². The number of nitrogens with zero attached hydrogens (tertiary/aromatic N) is 3. The quantitative estimate of drug-likeness (QED) is 0.329. The number of pyridine rings is 1. The van der Waals surface area contributed by atoms with Gasteiger partial charge in [0.05, 0.1) is 11.3 Å². The van der Waals surface area contributed by atoms with Crippen molar-refractivity contribution >= 4 is 21.7 Å². The molecule has 1 aromatic carbocycles. The fourth-order valence-electron chi connectivity index (χ4n) is 6.65. The van der Waals surface area contributed by atoms with Crippen LogP contribution in [0.25, 0.3) is 0 Å². The van der Waals surface area contributed by atoms with Gasteiger partial charge in [-0.1, -0.05) is 6.07 Å². The molecule has 8 nitrogen and oxygen atoms in total. The second-order valence-corrected chi connectivity index (χ2v) is 14.2. The third kappa shape index (κ3) is 6.09. The average Bonchev–Trinajstić information content (AvgIpc) is 3.02. The van der Waals surface area contributed by atoms with E-state index < -0.39 is 80.3 Å². The number of anilines is 1. The normalized spacial score (nSPS) is 27.1. The molecule has 2 aromatic rings. The molecule has 0 spiro atoms. The number of sulfonamides is 1. The molecule has 4 aliphatic rings. The molecule has 1 aromatic heterocycles. The first kappa shape index (κ1) is 32.3. The van der Waals surface area contributed by atoms with Gasteiger partial charge in [0.2, 0.25) is 15.9 Å². The molecule has 0 saturated heterocycles. The molecule has 2 bridgehead atoms. The first-order chi connectivity index (χ1) is 20.4. The monoisotopic (exact) mass is 649 g/mol. The van der Waals surface area contributed by atoms with Gasteiger partial charge < -0.3 is 14.7 Å². The van der Waals surface area contributed by atoms with E-state index in [2.05, 4.69) is 4.98 Å². The van der Waals surface area contributed by atoms with Crippen molar-refractivity contribution in [2.24, 2.45) is 0 Å². The number of carboxylic acid groups (broad SMARTS) is 1. The van der Waals surface area contributed by atoms with Crippen LogP contribution < -0.4 is 9.64 Å². The largest absolute Gasteiger partial charge is 0.488 e. The molecule has 44 heavy (non-hydrogen) atoms. The standard InChI is InChI=1S/C29H33F6N3O5S/c1-26(30,31)6-5-19-16-38(28-10-7-27(32,8-11-28)9-12-28)21-14-20(29(33,34)35)22(15-23(21)44(41,42)37(19)2)43-17-18-4-3-13-36-24(18)25(39)40/h3-4,13-15,19H,5-12,16-17H2,1-2H3,(H,39,40)/t19-,27?,28?/m1/s1. The van der Waals surface area contributed by atoms with E-state index in [1.54, 1.807) is 4.90 Å². The van der Waals surface area contributed by atoms with Gasteiger partial charge in [-0.2, -0.15) is 17.5 Å². The summed E-state index contributed by atoms with van der Waals surface area (Å²) in [6, 6.07) is 3.15. The minimum atomic E-state index is -5.02. The molecule has 15 heteroatoms. The highest BCUT2D eigenvalue weighted by molar-refractivity contribution is 7.89. The Hall–Kier alpha value is -3.07. The molecule has 2 heterocycles. The zero-order chi connectivity index (χ0) is 32.3. The lowest BCUT2D eigenvalue weighted by molar-refractivity contribution is -0.139. The molecular weight excluding hydrogens is 616 g/mol. The van der Waals surface area contributed by atoms with Gasteiger partial charge in [0.1, 0.15) is 22.9 Å². The number of aromatic carboxylic acids is 1. The fraction of sp³-hybridized carbons (Fsp3) is 0.586. The van der Waals surface area contributed by atoms with E-state index in [0.29, 0.717) is 13.0 Å². The number of likely N-dealkylation sites (N-methyl/N-ethyl adjacent to an activating group) is 1. The number of rotatable bonds is 8. The summed E-state index contributed by atoms with van der Waals surface area (Å²) in [5.41, 5.74) is -4.28. The van der Waals surface area contributed by atoms with Crippen molar-refractivity contribution in [2.45, 2.75) is 99.1 Å². The Labute approximate surface area is 251 Å². The lowest BCUT2D eigenvalue weighted by Crippen LogP contribution is -2.60. The number of carbonyl (C=O) groups is 1. The average molecular weight is 650 g/mol. The van der Waals surface area contributed by atoms with E-state index in [1.165, 1.54) is 25.4 Å². The summed E-state index contributed by atoms with van der Waals surface area (Å²) in [6.07, 6.45) is -3.47. The van der Waals surface area contributed by atoms with Gasteiger partial charge in [-0.15, -0.1) is 0 Å². The Kier molecular flexibility index (Phi) is 8.13. The molecular formula is C29H33F6N3O5S. The summed E-state index contributed by atoms with van der Waals surface area (Å²) < 4.78 is 121. The number of benzene rings is 1. The topological polar surface area (TPSA) is 100 Å². The molecule has 0 unspecified atom stereocenters. The maximum atomic E-state index is 15.1. The predicted octanol–water partition coefficient (Wildman–Crippen LogP) is 6.44. The number of fused-ring (bicyclic) bond motifs is 4. The second-order valence-electron chi connectivity index (χ2n) is 12.2. The van der Waals surface area contributed by atoms with Crippen LogP contribution in [-0.4, -0.2) is 65.5 Å². The van der Waals surface area contributed by atoms with E-state index in [9.17, 15) is 40.3 Å². The summed E-state index contributed by atoms with van der Waals surface area (Å²) >= 11 is 0. The van der Waals surface area contributed by atoms with Gasteiger partial charge in [0, 0.05) is 49.4 Å². The Balaban J connectivity index is 1.65. The van der Waals surface area contributed by atoms with E-state index in [0.717, 1.165) is 10.4 Å². The number of hydrogen-bond donors (Lipinski definition) is 1. The lowest BCUT2D eigenvalue weighted by Gasteiger charge is -2.56. The SMILES string of the molecule is CN1[C@H](CCC(C)(F)F)CN(C23CCC(F)(CC2)CC3)c2cc(C(F)(F)F)c(OCc3cccnc3C(=O)O)cc2S1(=O)=O. The number of halogens is 6. The number of ether oxygens (including phenoxy) is 1. The second kappa shape index (κ2) is 11.1. The third-order valence-corrected chi connectivity index (χ3v) is 11.2. The zero-order valence-electron chi connectivity index (χ0n) is 24.1. The molecule has 242 valence electrons. The maximum absolute atomic E-state index is 15.1. The maximum Gasteiger partial charge on any atom is 0.420 e. The van der Waals surface area contributed by atoms with Gasteiger partial charge in [-0.25, -0.2) is 31.4 Å². The van der Waals surface area contributed by atoms with Crippen LogP contribution in [0.15, 0.2) is 35.4 Å². The first-order valence-corrected chi connectivity index (χ1v) is 15.7. The fourth-order valence-corrected chi connectivity index (χ4v) is 8.22. The van der Waals surface area contributed by atoms with E-state index in [4.69, 9.17) is 4.74 Å². The Bertz CT molecular complexity index is 1520. The first-order valence-electron chi connectivity index (χ1n) is 14.2. The van der Waals surface area contributed by atoms with Gasteiger partial charge >= 0.3 is 12.1 Å². The smallest absolute Gasteiger partial charge is 0.420 e. The highest BCUT2D eigenvalue weighted by Gasteiger charge is 2.54. The van der Waals surface area contributed by atoms with Crippen molar-refractivity contribution in [3.8, 4) is 5.75 Å². The van der Waals surface area contributed by atoms with Crippen LogP contribution in [0.1, 0.15) is 79.9 Å². The summed E-state index contributed by atoms with van der Waals surface area (Å²) in [7, 11) is -3.34. The van der Waals surface area contributed by atoms with Gasteiger partial charge in [0.15, 0.2) is 5.69 Å². The summed E-state index contributed by atoms with van der Waals surface area (Å²) in [6.45, 7) is -0.106.